The lowest BCUT2D eigenvalue weighted by Crippen LogP contribution is -2.17. The highest BCUT2D eigenvalue weighted by Crippen LogP contribution is 2.37. The number of aromatic nitrogens is 3. The fourth-order valence-electron chi connectivity index (χ4n) is 3.52. The molecule has 1 aliphatic carbocycles. The van der Waals surface area contributed by atoms with Crippen LogP contribution in [-0.4, -0.2) is 30.5 Å². The molecule has 0 aliphatic heterocycles. The van der Waals surface area contributed by atoms with Gasteiger partial charge in [0.15, 0.2) is 11.5 Å². The first-order chi connectivity index (χ1) is 11.6. The summed E-state index contributed by atoms with van der Waals surface area (Å²) >= 11 is 0. The molecule has 0 unspecified atom stereocenters. The molecule has 3 N–H and O–H groups in total. The summed E-state index contributed by atoms with van der Waals surface area (Å²) in [5, 5.41) is 20.5. The monoisotopic (exact) mass is 325 g/mol. The summed E-state index contributed by atoms with van der Waals surface area (Å²) in [7, 11) is 0. The van der Waals surface area contributed by atoms with Crippen molar-refractivity contribution in [3.8, 4) is 17.3 Å². The van der Waals surface area contributed by atoms with Gasteiger partial charge in [-0.05, 0) is 31.0 Å². The highest BCUT2D eigenvalue weighted by molar-refractivity contribution is 6.01. The quantitative estimate of drug-likeness (QED) is 0.642. The van der Waals surface area contributed by atoms with Gasteiger partial charge < -0.3 is 15.2 Å². The Kier molecular flexibility index (Phi) is 3.52. The number of nitrogens with zero attached hydrogens (tertiary/aromatic N) is 2. The van der Waals surface area contributed by atoms with E-state index in [0.717, 1.165) is 43.1 Å². The molecule has 0 spiro atoms. The lowest BCUT2D eigenvalue weighted by atomic mass is 9.84. The van der Waals surface area contributed by atoms with Crippen LogP contribution in [0.15, 0.2) is 30.7 Å². The molecule has 6 heteroatoms. The third kappa shape index (κ3) is 2.35. The molecule has 2 heterocycles. The first-order valence-electron chi connectivity index (χ1n) is 8.26. The third-order valence-electron chi connectivity index (χ3n) is 4.88. The predicted molar refractivity (Wildman–Crippen MR) is 89.7 cm³/mol. The summed E-state index contributed by atoms with van der Waals surface area (Å²) in [5.41, 5.74) is 2.49. The molecule has 24 heavy (non-hydrogen) atoms. The molecule has 1 fully saturated rings. The largest absolute Gasteiger partial charge is 0.503 e. The van der Waals surface area contributed by atoms with Crippen molar-refractivity contribution in [2.75, 3.05) is 0 Å². The van der Waals surface area contributed by atoms with E-state index >= 15 is 0 Å². The minimum absolute atomic E-state index is 0.0602. The number of hydrogen-bond acceptors (Lipinski definition) is 4. The van der Waals surface area contributed by atoms with E-state index in [9.17, 15) is 15.0 Å². The zero-order valence-corrected chi connectivity index (χ0v) is 13.2. The van der Waals surface area contributed by atoms with Crippen molar-refractivity contribution < 1.29 is 15.0 Å². The number of aromatic amines is 1. The predicted octanol–water partition coefficient (Wildman–Crippen LogP) is 3.53. The summed E-state index contributed by atoms with van der Waals surface area (Å²) in [5.74, 6) is -0.790. The molecule has 1 aromatic carbocycles. The topological polar surface area (TPSA) is 91.1 Å². The van der Waals surface area contributed by atoms with Gasteiger partial charge in [-0.1, -0.05) is 19.3 Å². The number of nitrogens with one attached hydrogen (secondary N) is 1. The third-order valence-corrected chi connectivity index (χ3v) is 4.88. The van der Waals surface area contributed by atoms with Crippen LogP contribution in [0.1, 0.15) is 42.5 Å². The fraction of sp³-hybridized carbons (Fsp3) is 0.333. The summed E-state index contributed by atoms with van der Waals surface area (Å²) < 4.78 is 1.44. The van der Waals surface area contributed by atoms with Crippen LogP contribution in [0.25, 0.3) is 16.7 Å². The van der Waals surface area contributed by atoms with Crippen LogP contribution >= 0.6 is 0 Å². The molecule has 0 bridgehead atoms. The van der Waals surface area contributed by atoms with E-state index in [1.807, 2.05) is 12.1 Å². The van der Waals surface area contributed by atoms with Crippen molar-refractivity contribution in [3.63, 3.8) is 0 Å². The smallest absolute Gasteiger partial charge is 0.240 e. The van der Waals surface area contributed by atoms with Crippen LogP contribution < -0.4 is 0 Å². The molecule has 2 aromatic heterocycles. The Labute approximate surface area is 138 Å². The number of hydrogen-bond donors (Lipinski definition) is 3. The van der Waals surface area contributed by atoms with E-state index in [1.54, 1.807) is 12.4 Å². The number of fused-ring (bicyclic) bond motifs is 1. The average molecular weight is 325 g/mol. The number of carbonyl (C=O) groups is 1. The number of rotatable bonds is 3. The second-order valence-corrected chi connectivity index (χ2v) is 6.39. The van der Waals surface area contributed by atoms with Gasteiger partial charge in [0, 0.05) is 12.1 Å². The van der Waals surface area contributed by atoms with Gasteiger partial charge in [-0.3, -0.25) is 9.36 Å². The highest BCUT2D eigenvalue weighted by atomic mass is 16.3. The van der Waals surface area contributed by atoms with Gasteiger partial charge in [-0.15, -0.1) is 0 Å². The van der Waals surface area contributed by atoms with E-state index in [0.29, 0.717) is 5.69 Å². The minimum Gasteiger partial charge on any atom is -0.503 e. The normalized spacial score (nSPS) is 15.8. The summed E-state index contributed by atoms with van der Waals surface area (Å²) in [6, 6.07) is 5.42. The van der Waals surface area contributed by atoms with Gasteiger partial charge in [-0.2, -0.15) is 0 Å². The molecule has 3 aromatic rings. The maximum atomic E-state index is 12.7. The molecule has 1 saturated carbocycles. The van der Waals surface area contributed by atoms with Crippen LogP contribution in [0.5, 0.6) is 11.6 Å². The molecule has 6 nitrogen and oxygen atoms in total. The number of carbonyl (C=O) groups excluding carboxylic acids is 1. The number of aromatic hydroxyl groups is 2. The van der Waals surface area contributed by atoms with E-state index in [-0.39, 0.29) is 28.9 Å². The molecule has 124 valence electrons. The second kappa shape index (κ2) is 5.70. The number of imidazole rings is 1. The number of Topliss-reactive ketones (excluding diaryl/α,β-unsaturated/α-hetero) is 1. The molecule has 4 rings (SSSR count). The van der Waals surface area contributed by atoms with E-state index in [2.05, 4.69) is 9.97 Å². The van der Waals surface area contributed by atoms with E-state index < -0.39 is 0 Å². The van der Waals surface area contributed by atoms with Gasteiger partial charge in [0.1, 0.15) is 0 Å². The highest BCUT2D eigenvalue weighted by Gasteiger charge is 2.28. The Hall–Kier alpha value is -2.76. The Bertz CT molecular complexity index is 904. The summed E-state index contributed by atoms with van der Waals surface area (Å²) in [4.78, 5) is 19.9. The maximum Gasteiger partial charge on any atom is 0.240 e. The SMILES string of the molecule is O=C(c1cn(-c2ccc3nc[nH]c3c2)c(O)c1O)C1CCCCC1. The van der Waals surface area contributed by atoms with Crippen molar-refractivity contribution in [1.29, 1.82) is 0 Å². The maximum absolute atomic E-state index is 12.7. The second-order valence-electron chi connectivity index (χ2n) is 6.39. The fourth-order valence-corrected chi connectivity index (χ4v) is 3.52. The Morgan fingerprint density at radius 2 is 2.00 bits per heavy atom. The molecule has 0 atom stereocenters. The van der Waals surface area contributed by atoms with Crippen molar-refractivity contribution >= 4 is 16.8 Å². The first-order valence-corrected chi connectivity index (χ1v) is 8.26. The van der Waals surface area contributed by atoms with Crippen LogP contribution in [0.4, 0.5) is 0 Å². The van der Waals surface area contributed by atoms with Crippen LogP contribution in [-0.2, 0) is 0 Å². The lowest BCUT2D eigenvalue weighted by molar-refractivity contribution is 0.0886. The van der Waals surface area contributed by atoms with Gasteiger partial charge in [0.05, 0.1) is 28.6 Å². The number of ketones is 1. The standard InChI is InChI=1S/C18H19N3O3/c22-16(11-4-2-1-3-5-11)13-9-21(18(24)17(13)23)12-6-7-14-15(8-12)20-10-19-14/h6-11,23-24H,1-5H2,(H,19,20). The minimum atomic E-state index is -0.338. The first kappa shape index (κ1) is 14.8. The molecule has 1 aliphatic rings. The summed E-state index contributed by atoms with van der Waals surface area (Å²) in [6.07, 6.45) is 8.07. The Balaban J connectivity index is 1.73. The molecular formula is C18H19N3O3. The van der Waals surface area contributed by atoms with Crippen LogP contribution in [0.2, 0.25) is 0 Å². The van der Waals surface area contributed by atoms with Crippen molar-refractivity contribution in [2.45, 2.75) is 32.1 Å². The number of H-pyrrole nitrogens is 1. The molecular weight excluding hydrogens is 306 g/mol. The molecule has 0 saturated heterocycles. The van der Waals surface area contributed by atoms with Gasteiger partial charge in [0.25, 0.3) is 0 Å². The van der Waals surface area contributed by atoms with Crippen molar-refractivity contribution in [2.24, 2.45) is 5.92 Å². The molecule has 0 radical (unpaired) electrons. The van der Waals surface area contributed by atoms with Crippen LogP contribution in [0, 0.1) is 5.92 Å². The zero-order valence-electron chi connectivity index (χ0n) is 13.2. The van der Waals surface area contributed by atoms with E-state index in [1.165, 1.54) is 10.8 Å². The zero-order chi connectivity index (χ0) is 16.7. The van der Waals surface area contributed by atoms with Crippen molar-refractivity contribution in [1.82, 2.24) is 14.5 Å². The summed E-state index contributed by atoms with van der Waals surface area (Å²) in [6.45, 7) is 0. The Morgan fingerprint density at radius 1 is 1.21 bits per heavy atom. The van der Waals surface area contributed by atoms with E-state index in [4.69, 9.17) is 0 Å². The van der Waals surface area contributed by atoms with Crippen LogP contribution in [0.3, 0.4) is 0 Å². The van der Waals surface area contributed by atoms with Gasteiger partial charge in [-0.25, -0.2) is 4.98 Å². The van der Waals surface area contributed by atoms with Gasteiger partial charge >= 0.3 is 0 Å². The average Bonchev–Trinajstić information content (AvgIpc) is 3.20. The molecule has 0 amide bonds. The lowest BCUT2D eigenvalue weighted by Gasteiger charge is -2.19. The van der Waals surface area contributed by atoms with Gasteiger partial charge in [0.2, 0.25) is 5.88 Å². The Morgan fingerprint density at radius 3 is 2.79 bits per heavy atom. The number of benzene rings is 1. The van der Waals surface area contributed by atoms with Crippen molar-refractivity contribution in [3.05, 3.63) is 36.3 Å².